The monoisotopic (exact) mass is 481 g/mol. The molecule has 0 radical (unpaired) electrons. The van der Waals surface area contributed by atoms with Crippen molar-refractivity contribution in [1.29, 1.82) is 0 Å². The van der Waals surface area contributed by atoms with Crippen LogP contribution >= 0.6 is 0 Å². The summed E-state index contributed by atoms with van der Waals surface area (Å²) >= 11 is 0. The highest BCUT2D eigenvalue weighted by Gasteiger charge is 2.15. The van der Waals surface area contributed by atoms with Crippen LogP contribution in [0, 0.1) is 0 Å². The van der Waals surface area contributed by atoms with Crippen molar-refractivity contribution in [2.24, 2.45) is 0 Å². The number of pyridine rings is 2. The highest BCUT2D eigenvalue weighted by molar-refractivity contribution is 7.89. The van der Waals surface area contributed by atoms with Crippen LogP contribution in [0.2, 0.25) is 0 Å². The minimum absolute atomic E-state index is 0.180. The summed E-state index contributed by atoms with van der Waals surface area (Å²) in [4.78, 5) is 9.35. The average molecular weight is 482 g/mol. The molecule has 6 nitrogen and oxygen atoms in total. The topological polar surface area (TPSA) is 81.2 Å². The van der Waals surface area contributed by atoms with Gasteiger partial charge in [-0.2, -0.15) is 0 Å². The number of sulfonamides is 1. The first-order chi connectivity index (χ1) is 17.1. The van der Waals surface area contributed by atoms with Crippen molar-refractivity contribution in [3.8, 4) is 17.0 Å². The molecule has 174 valence electrons. The van der Waals surface area contributed by atoms with Crippen molar-refractivity contribution in [3.05, 3.63) is 120 Å². The van der Waals surface area contributed by atoms with E-state index in [2.05, 4.69) is 9.71 Å². The van der Waals surface area contributed by atoms with E-state index < -0.39 is 10.0 Å². The Bertz CT molecular complexity index is 1560. The summed E-state index contributed by atoms with van der Waals surface area (Å²) in [7, 11) is -3.69. The van der Waals surface area contributed by atoms with Crippen molar-refractivity contribution < 1.29 is 13.2 Å². The van der Waals surface area contributed by atoms with E-state index in [-0.39, 0.29) is 11.4 Å². The van der Waals surface area contributed by atoms with Gasteiger partial charge in [-0.15, -0.1) is 0 Å². The first-order valence-corrected chi connectivity index (χ1v) is 12.6. The Morgan fingerprint density at radius 1 is 0.771 bits per heavy atom. The molecular formula is C28H23N3O3S. The van der Waals surface area contributed by atoms with Gasteiger partial charge in [-0.25, -0.2) is 18.1 Å². The van der Waals surface area contributed by atoms with Gasteiger partial charge in [-0.05, 0) is 35.4 Å². The van der Waals surface area contributed by atoms with Gasteiger partial charge in [-0.3, -0.25) is 4.98 Å². The Balaban J connectivity index is 1.41. The van der Waals surface area contributed by atoms with Gasteiger partial charge >= 0.3 is 0 Å². The molecule has 5 aromatic rings. The predicted molar refractivity (Wildman–Crippen MR) is 136 cm³/mol. The Morgan fingerprint density at radius 3 is 2.29 bits per heavy atom. The van der Waals surface area contributed by atoms with Crippen molar-refractivity contribution >= 4 is 21.1 Å². The predicted octanol–water partition coefficient (Wildman–Crippen LogP) is 5.35. The average Bonchev–Trinajstić information content (AvgIpc) is 2.92. The van der Waals surface area contributed by atoms with Crippen LogP contribution < -0.4 is 9.46 Å². The Labute approximate surface area is 204 Å². The highest BCUT2D eigenvalue weighted by atomic mass is 32.2. The molecule has 0 aliphatic heterocycles. The van der Waals surface area contributed by atoms with Crippen LogP contribution in [0.5, 0.6) is 5.75 Å². The summed E-state index contributed by atoms with van der Waals surface area (Å²) in [6, 6.07) is 31.5. The van der Waals surface area contributed by atoms with E-state index in [0.717, 1.165) is 11.1 Å². The van der Waals surface area contributed by atoms with Gasteiger partial charge in [0.15, 0.2) is 0 Å². The lowest BCUT2D eigenvalue weighted by Gasteiger charge is -2.11. The van der Waals surface area contributed by atoms with Gasteiger partial charge in [0.1, 0.15) is 17.9 Å². The Morgan fingerprint density at radius 2 is 1.51 bits per heavy atom. The second-order valence-corrected chi connectivity index (χ2v) is 9.75. The van der Waals surface area contributed by atoms with Crippen molar-refractivity contribution in [2.75, 3.05) is 0 Å². The minimum Gasteiger partial charge on any atom is -0.486 e. The number of hydrogen-bond acceptors (Lipinski definition) is 5. The fourth-order valence-corrected chi connectivity index (χ4v) is 4.76. The molecule has 7 heteroatoms. The number of benzene rings is 3. The van der Waals surface area contributed by atoms with Gasteiger partial charge in [0.2, 0.25) is 10.0 Å². The molecule has 2 aromatic heterocycles. The summed E-state index contributed by atoms with van der Waals surface area (Å²) in [6.45, 7) is 0.627. The van der Waals surface area contributed by atoms with Crippen LogP contribution in [0.3, 0.4) is 0 Å². The molecule has 0 bridgehead atoms. The molecule has 0 spiro atoms. The zero-order valence-corrected chi connectivity index (χ0v) is 19.7. The molecule has 0 saturated heterocycles. The van der Waals surface area contributed by atoms with Crippen LogP contribution in [-0.4, -0.2) is 18.4 Å². The molecule has 1 N–H and O–H groups in total. The first-order valence-electron chi connectivity index (χ1n) is 11.1. The maximum absolute atomic E-state index is 12.9. The molecule has 35 heavy (non-hydrogen) atoms. The van der Waals surface area contributed by atoms with E-state index in [4.69, 9.17) is 9.72 Å². The molecule has 0 atom stereocenters. The fourth-order valence-electron chi connectivity index (χ4n) is 3.69. The number of hydrogen-bond donors (Lipinski definition) is 1. The summed E-state index contributed by atoms with van der Waals surface area (Å²) in [5.41, 5.74) is 4.58. The van der Waals surface area contributed by atoms with Crippen molar-refractivity contribution in [2.45, 2.75) is 18.0 Å². The third-order valence-corrected chi connectivity index (χ3v) is 6.93. The molecule has 2 heterocycles. The first kappa shape index (κ1) is 22.7. The van der Waals surface area contributed by atoms with Crippen LogP contribution in [0.25, 0.3) is 22.3 Å². The fraction of sp³-hybridized carbons (Fsp3) is 0.0714. The lowest BCUT2D eigenvalue weighted by Crippen LogP contribution is -2.23. The number of fused-ring (bicyclic) bond motifs is 1. The van der Waals surface area contributed by atoms with Crippen molar-refractivity contribution in [1.82, 2.24) is 14.7 Å². The highest BCUT2D eigenvalue weighted by Crippen LogP contribution is 2.28. The van der Waals surface area contributed by atoms with E-state index in [9.17, 15) is 8.42 Å². The van der Waals surface area contributed by atoms with Gasteiger partial charge in [0.25, 0.3) is 0 Å². The number of nitrogens with one attached hydrogen (secondary N) is 1. The number of nitrogens with zero attached hydrogens (tertiary/aromatic N) is 2. The maximum atomic E-state index is 12.9. The third kappa shape index (κ3) is 5.37. The SMILES string of the molecule is O=S(=O)(NCc1ccccc1)c1cccc(-c2ccc3nccc(OCc4ccccc4)c3n2)c1. The second kappa shape index (κ2) is 10.0. The molecule has 5 rings (SSSR count). The second-order valence-electron chi connectivity index (χ2n) is 7.99. The van der Waals surface area contributed by atoms with E-state index >= 15 is 0 Å². The van der Waals surface area contributed by atoms with E-state index in [1.807, 2.05) is 78.9 Å². The molecule has 0 saturated carbocycles. The lowest BCUT2D eigenvalue weighted by molar-refractivity contribution is 0.309. The van der Waals surface area contributed by atoms with Crippen LogP contribution in [0.4, 0.5) is 0 Å². The molecule has 0 fully saturated rings. The summed E-state index contributed by atoms with van der Waals surface area (Å²) < 4.78 is 34.5. The number of rotatable bonds is 8. The largest absolute Gasteiger partial charge is 0.486 e. The van der Waals surface area contributed by atoms with Crippen LogP contribution in [-0.2, 0) is 23.2 Å². The molecular weight excluding hydrogens is 458 g/mol. The molecule has 3 aromatic carbocycles. The zero-order chi connectivity index (χ0) is 24.1. The molecule has 0 aliphatic carbocycles. The third-order valence-electron chi connectivity index (χ3n) is 5.53. The Hall–Kier alpha value is -4.07. The molecule has 0 aliphatic rings. The van der Waals surface area contributed by atoms with Crippen LogP contribution in [0.15, 0.2) is 114 Å². The van der Waals surface area contributed by atoms with E-state index in [1.165, 1.54) is 0 Å². The summed E-state index contributed by atoms with van der Waals surface area (Å²) in [6.07, 6.45) is 1.69. The smallest absolute Gasteiger partial charge is 0.240 e. The van der Waals surface area contributed by atoms with Gasteiger partial charge in [0, 0.05) is 24.4 Å². The number of ether oxygens (including phenoxy) is 1. The minimum atomic E-state index is -3.69. The summed E-state index contributed by atoms with van der Waals surface area (Å²) in [5, 5.41) is 0. The molecule has 0 amide bonds. The Kier molecular flexibility index (Phi) is 6.52. The van der Waals surface area contributed by atoms with E-state index in [1.54, 1.807) is 30.5 Å². The van der Waals surface area contributed by atoms with Crippen molar-refractivity contribution in [3.63, 3.8) is 0 Å². The lowest BCUT2D eigenvalue weighted by atomic mass is 10.1. The van der Waals surface area contributed by atoms with Gasteiger partial charge in [-0.1, -0.05) is 72.8 Å². The maximum Gasteiger partial charge on any atom is 0.240 e. The normalized spacial score (nSPS) is 11.4. The standard InChI is InChI=1S/C28H23N3O3S/c32-35(33,30-19-21-8-3-1-4-9-21)24-13-7-12-23(18-24)25-14-15-26-28(31-25)27(16-17-29-26)34-20-22-10-5-2-6-11-22/h1-18,30H,19-20H2. The molecule has 0 unspecified atom stereocenters. The number of aromatic nitrogens is 2. The summed E-state index contributed by atoms with van der Waals surface area (Å²) in [5.74, 6) is 0.619. The van der Waals surface area contributed by atoms with Gasteiger partial charge < -0.3 is 4.74 Å². The van der Waals surface area contributed by atoms with Crippen LogP contribution in [0.1, 0.15) is 11.1 Å². The quantitative estimate of drug-likeness (QED) is 0.323. The van der Waals surface area contributed by atoms with E-state index in [0.29, 0.717) is 34.6 Å². The zero-order valence-electron chi connectivity index (χ0n) is 18.8. The van der Waals surface area contributed by atoms with Gasteiger partial charge in [0.05, 0.1) is 16.1 Å².